The van der Waals surface area contributed by atoms with Crippen molar-refractivity contribution in [2.45, 2.75) is 13.8 Å². The topological polar surface area (TPSA) is 80.6 Å². The first-order valence-electron chi connectivity index (χ1n) is 8.06. The van der Waals surface area contributed by atoms with E-state index in [0.29, 0.717) is 22.2 Å². The first-order valence-corrected chi connectivity index (χ1v) is 8.88. The monoisotopic (exact) mass is 370 g/mol. The Kier molecular flexibility index (Phi) is 5.38. The largest absolute Gasteiger partial charge is 0.494 e. The van der Waals surface area contributed by atoms with Crippen molar-refractivity contribution < 1.29 is 18.7 Å². The molecule has 0 saturated carbocycles. The van der Waals surface area contributed by atoms with Crippen molar-refractivity contribution in [3.05, 3.63) is 64.9 Å². The van der Waals surface area contributed by atoms with E-state index in [1.807, 2.05) is 13.8 Å². The fourth-order valence-corrected chi connectivity index (χ4v) is 3.30. The van der Waals surface area contributed by atoms with Crippen molar-refractivity contribution in [1.29, 1.82) is 0 Å². The molecular formula is C19H18N2O4S. The van der Waals surface area contributed by atoms with Gasteiger partial charge < -0.3 is 19.8 Å². The van der Waals surface area contributed by atoms with Crippen molar-refractivity contribution >= 4 is 33.8 Å². The third-order valence-corrected chi connectivity index (χ3v) is 4.68. The Morgan fingerprint density at radius 3 is 2.54 bits per heavy atom. The Morgan fingerprint density at radius 1 is 1.12 bits per heavy atom. The smallest absolute Gasteiger partial charge is 0.291 e. The Bertz CT molecular complexity index is 898. The number of ether oxygens (including phenoxy) is 1. The molecule has 2 N–H and O–H groups in total. The molecule has 3 aromatic rings. The van der Waals surface area contributed by atoms with Gasteiger partial charge in [0.05, 0.1) is 22.7 Å². The van der Waals surface area contributed by atoms with Crippen LogP contribution in [0.25, 0.3) is 0 Å². The van der Waals surface area contributed by atoms with Crippen LogP contribution >= 0.6 is 11.3 Å². The van der Waals surface area contributed by atoms with Gasteiger partial charge in [-0.1, -0.05) is 0 Å². The molecule has 0 atom stereocenters. The van der Waals surface area contributed by atoms with E-state index >= 15 is 0 Å². The number of amides is 2. The van der Waals surface area contributed by atoms with Gasteiger partial charge in [-0.3, -0.25) is 9.59 Å². The van der Waals surface area contributed by atoms with Gasteiger partial charge in [-0.25, -0.2) is 0 Å². The number of aryl methyl sites for hydroxylation is 1. The lowest BCUT2D eigenvalue weighted by molar-refractivity contribution is 0.0995. The van der Waals surface area contributed by atoms with Crippen LogP contribution in [0, 0.1) is 6.92 Å². The molecule has 134 valence electrons. The predicted octanol–water partition coefficient (Wildman–Crippen LogP) is 4.55. The molecule has 0 aliphatic heterocycles. The number of rotatable bonds is 6. The van der Waals surface area contributed by atoms with Gasteiger partial charge in [0.25, 0.3) is 11.8 Å². The standard InChI is InChI=1S/C19H18N2O4S/c1-3-24-14-8-6-13(7-9-14)20-19(23)17-12(2)11-16(26-17)21-18(22)15-5-4-10-25-15/h4-11H,3H2,1-2H3,(H,20,23)(H,21,22). The summed E-state index contributed by atoms with van der Waals surface area (Å²) in [4.78, 5) is 25.1. The highest BCUT2D eigenvalue weighted by Crippen LogP contribution is 2.28. The molecule has 3 rings (SSSR count). The zero-order chi connectivity index (χ0) is 18.5. The molecule has 0 radical (unpaired) electrons. The van der Waals surface area contributed by atoms with Crippen LogP contribution in [0.15, 0.2) is 53.1 Å². The summed E-state index contributed by atoms with van der Waals surface area (Å²) in [6.07, 6.45) is 1.43. The van der Waals surface area contributed by atoms with Gasteiger partial charge in [0, 0.05) is 5.69 Å². The van der Waals surface area contributed by atoms with Crippen molar-refractivity contribution in [3.8, 4) is 5.75 Å². The Labute approximate surface area is 154 Å². The summed E-state index contributed by atoms with van der Waals surface area (Å²) in [5, 5.41) is 6.17. The van der Waals surface area contributed by atoms with E-state index in [1.165, 1.54) is 17.6 Å². The summed E-state index contributed by atoms with van der Waals surface area (Å²) >= 11 is 1.21. The van der Waals surface area contributed by atoms with Crippen LogP contribution in [0.4, 0.5) is 10.7 Å². The van der Waals surface area contributed by atoms with E-state index in [9.17, 15) is 9.59 Å². The fraction of sp³-hybridized carbons (Fsp3) is 0.158. The Balaban J connectivity index is 1.67. The third kappa shape index (κ3) is 4.12. The lowest BCUT2D eigenvalue weighted by Gasteiger charge is -2.06. The minimum atomic E-state index is -0.352. The maximum atomic E-state index is 12.5. The zero-order valence-electron chi connectivity index (χ0n) is 14.4. The number of anilines is 2. The van der Waals surface area contributed by atoms with Gasteiger partial charge in [-0.2, -0.15) is 0 Å². The number of thiophene rings is 1. The molecule has 0 unspecified atom stereocenters. The summed E-state index contributed by atoms with van der Waals surface area (Å²) in [5.74, 6) is 0.391. The second kappa shape index (κ2) is 7.88. The predicted molar refractivity (Wildman–Crippen MR) is 101 cm³/mol. The van der Waals surface area contributed by atoms with Gasteiger partial charge in [-0.05, 0) is 61.9 Å². The molecular weight excluding hydrogens is 352 g/mol. The summed E-state index contributed by atoms with van der Waals surface area (Å²) < 4.78 is 10.4. The molecule has 0 bridgehead atoms. The summed E-state index contributed by atoms with van der Waals surface area (Å²) in [6.45, 7) is 4.33. The molecule has 2 amide bonds. The van der Waals surface area contributed by atoms with Gasteiger partial charge in [0.1, 0.15) is 5.75 Å². The molecule has 2 heterocycles. The first-order chi connectivity index (χ1) is 12.6. The van der Waals surface area contributed by atoms with E-state index in [1.54, 1.807) is 42.5 Å². The van der Waals surface area contributed by atoms with Gasteiger partial charge in [0.15, 0.2) is 5.76 Å². The van der Waals surface area contributed by atoms with Crippen LogP contribution in [0.3, 0.4) is 0 Å². The second-order valence-electron chi connectivity index (χ2n) is 5.47. The van der Waals surface area contributed by atoms with Crippen molar-refractivity contribution in [2.75, 3.05) is 17.2 Å². The molecule has 0 spiro atoms. The van der Waals surface area contributed by atoms with Gasteiger partial charge >= 0.3 is 0 Å². The highest BCUT2D eigenvalue weighted by atomic mass is 32.1. The highest BCUT2D eigenvalue weighted by Gasteiger charge is 2.16. The van der Waals surface area contributed by atoms with Crippen LogP contribution < -0.4 is 15.4 Å². The number of hydrogen-bond acceptors (Lipinski definition) is 5. The van der Waals surface area contributed by atoms with Crippen LogP contribution in [0.5, 0.6) is 5.75 Å². The molecule has 6 nitrogen and oxygen atoms in total. The SMILES string of the molecule is CCOc1ccc(NC(=O)c2sc(NC(=O)c3ccco3)cc2C)cc1. The maximum absolute atomic E-state index is 12.5. The molecule has 0 aliphatic carbocycles. The number of carbonyl (C=O) groups is 2. The molecule has 0 aliphatic rings. The molecule has 26 heavy (non-hydrogen) atoms. The zero-order valence-corrected chi connectivity index (χ0v) is 15.2. The van der Waals surface area contributed by atoms with E-state index < -0.39 is 0 Å². The molecule has 2 aromatic heterocycles. The van der Waals surface area contributed by atoms with E-state index in [-0.39, 0.29) is 17.6 Å². The number of benzene rings is 1. The molecule has 1 aromatic carbocycles. The van der Waals surface area contributed by atoms with E-state index in [4.69, 9.17) is 9.15 Å². The van der Waals surface area contributed by atoms with E-state index in [0.717, 1.165) is 11.3 Å². The average Bonchev–Trinajstić information content (AvgIpc) is 3.27. The minimum absolute atomic E-state index is 0.219. The number of carbonyl (C=O) groups excluding carboxylic acids is 2. The van der Waals surface area contributed by atoms with Crippen LogP contribution in [-0.4, -0.2) is 18.4 Å². The number of nitrogens with one attached hydrogen (secondary N) is 2. The summed E-state index contributed by atoms with van der Waals surface area (Å²) in [6, 6.07) is 12.2. The molecule has 7 heteroatoms. The summed E-state index contributed by atoms with van der Waals surface area (Å²) in [7, 11) is 0. The normalized spacial score (nSPS) is 10.4. The van der Waals surface area contributed by atoms with Crippen molar-refractivity contribution in [1.82, 2.24) is 0 Å². The lowest BCUT2D eigenvalue weighted by atomic mass is 10.2. The third-order valence-electron chi connectivity index (χ3n) is 3.53. The Morgan fingerprint density at radius 2 is 1.88 bits per heavy atom. The van der Waals surface area contributed by atoms with Crippen LogP contribution in [0.2, 0.25) is 0 Å². The van der Waals surface area contributed by atoms with Crippen LogP contribution in [0.1, 0.15) is 32.7 Å². The van der Waals surface area contributed by atoms with Gasteiger partial charge in [-0.15, -0.1) is 11.3 Å². The van der Waals surface area contributed by atoms with E-state index in [2.05, 4.69) is 10.6 Å². The van der Waals surface area contributed by atoms with Crippen LogP contribution in [-0.2, 0) is 0 Å². The lowest BCUT2D eigenvalue weighted by Crippen LogP contribution is -2.11. The highest BCUT2D eigenvalue weighted by molar-refractivity contribution is 7.18. The second-order valence-corrected chi connectivity index (χ2v) is 6.52. The van der Waals surface area contributed by atoms with Crippen molar-refractivity contribution in [3.63, 3.8) is 0 Å². The molecule has 0 saturated heterocycles. The minimum Gasteiger partial charge on any atom is -0.494 e. The van der Waals surface area contributed by atoms with Gasteiger partial charge in [0.2, 0.25) is 0 Å². The Hall–Kier alpha value is -3.06. The average molecular weight is 370 g/mol. The fourth-order valence-electron chi connectivity index (χ4n) is 2.34. The van der Waals surface area contributed by atoms with Crippen molar-refractivity contribution in [2.24, 2.45) is 0 Å². The quantitative estimate of drug-likeness (QED) is 0.667. The number of hydrogen-bond donors (Lipinski definition) is 2. The molecule has 0 fully saturated rings. The summed E-state index contributed by atoms with van der Waals surface area (Å²) in [5.41, 5.74) is 1.46. The first kappa shape index (κ1) is 17.8. The number of furan rings is 1. The maximum Gasteiger partial charge on any atom is 0.291 e.